The minimum Gasteiger partial charge on any atom is -0.378 e. The molecule has 1 fully saturated rings. The quantitative estimate of drug-likeness (QED) is 0.613. The smallest absolute Gasteiger partial charge is 0.232 e. The van der Waals surface area contributed by atoms with Gasteiger partial charge in [0.15, 0.2) is 5.16 Å². The predicted octanol–water partition coefficient (Wildman–Crippen LogP) is 3.45. The lowest BCUT2D eigenvalue weighted by Crippen LogP contribution is -2.38. The van der Waals surface area contributed by atoms with Crippen molar-refractivity contribution in [3.05, 3.63) is 29.8 Å². The highest BCUT2D eigenvalue weighted by Gasteiger charge is 2.22. The molecule has 0 radical (unpaired) electrons. The van der Waals surface area contributed by atoms with Gasteiger partial charge >= 0.3 is 0 Å². The van der Waals surface area contributed by atoms with Gasteiger partial charge in [0, 0.05) is 19.1 Å². The molecule has 1 aliphatic heterocycles. The van der Waals surface area contributed by atoms with Gasteiger partial charge in [-0.2, -0.15) is 0 Å². The molecule has 164 valence electrons. The van der Waals surface area contributed by atoms with E-state index in [0.717, 1.165) is 42.7 Å². The number of amides is 1. The zero-order valence-corrected chi connectivity index (χ0v) is 19.2. The number of nitrogens with one attached hydrogen (secondary N) is 1. The molecule has 3 rings (SSSR count). The Hall–Kier alpha value is -2.06. The molecule has 1 atom stereocenters. The van der Waals surface area contributed by atoms with Crippen molar-refractivity contribution in [2.24, 2.45) is 5.92 Å². The molecule has 1 aromatic carbocycles. The number of hydrogen-bond acceptors (Lipinski definition) is 6. The van der Waals surface area contributed by atoms with E-state index < -0.39 is 0 Å². The minimum absolute atomic E-state index is 0.0305. The molecule has 0 spiro atoms. The molecule has 0 aliphatic carbocycles. The summed E-state index contributed by atoms with van der Waals surface area (Å²) in [5.41, 5.74) is 2.18. The van der Waals surface area contributed by atoms with Crippen LogP contribution in [0.3, 0.4) is 0 Å². The number of carbonyl (C=O) groups is 1. The molecule has 2 aromatic rings. The molecule has 1 unspecified atom stereocenters. The number of benzene rings is 1. The fourth-order valence-corrected chi connectivity index (χ4v) is 4.18. The van der Waals surface area contributed by atoms with E-state index in [-0.39, 0.29) is 11.9 Å². The maximum absolute atomic E-state index is 12.5. The number of thioether (sulfide) groups is 1. The molecule has 7 nitrogen and oxygen atoms in total. The van der Waals surface area contributed by atoms with Gasteiger partial charge in [0.1, 0.15) is 0 Å². The van der Waals surface area contributed by atoms with Crippen LogP contribution in [0.15, 0.2) is 29.4 Å². The topological polar surface area (TPSA) is 72.3 Å². The first-order chi connectivity index (χ1) is 14.4. The normalized spacial score (nSPS) is 15.4. The summed E-state index contributed by atoms with van der Waals surface area (Å²) in [6.45, 7) is 11.5. The molecule has 30 heavy (non-hydrogen) atoms. The van der Waals surface area contributed by atoms with Crippen LogP contribution in [0.25, 0.3) is 5.69 Å². The van der Waals surface area contributed by atoms with Gasteiger partial charge in [0.2, 0.25) is 11.9 Å². The first-order valence-corrected chi connectivity index (χ1v) is 11.7. The lowest BCUT2D eigenvalue weighted by atomic mass is 10.0. The van der Waals surface area contributed by atoms with Gasteiger partial charge in [-0.3, -0.25) is 9.36 Å². The van der Waals surface area contributed by atoms with Gasteiger partial charge in [0.05, 0.1) is 24.7 Å². The van der Waals surface area contributed by atoms with Crippen molar-refractivity contribution in [1.82, 2.24) is 20.1 Å². The van der Waals surface area contributed by atoms with Gasteiger partial charge in [0.25, 0.3) is 0 Å². The van der Waals surface area contributed by atoms with Gasteiger partial charge in [-0.25, -0.2) is 0 Å². The molecule has 1 aliphatic rings. The number of ether oxygens (including phenoxy) is 1. The van der Waals surface area contributed by atoms with Crippen LogP contribution in [0.2, 0.25) is 0 Å². The van der Waals surface area contributed by atoms with Crippen molar-refractivity contribution in [3.8, 4) is 5.69 Å². The number of rotatable bonds is 9. The van der Waals surface area contributed by atoms with E-state index in [1.54, 1.807) is 0 Å². The molecule has 1 saturated heterocycles. The van der Waals surface area contributed by atoms with Crippen molar-refractivity contribution in [3.63, 3.8) is 0 Å². The highest BCUT2D eigenvalue weighted by molar-refractivity contribution is 7.99. The molecular weight excluding hydrogens is 398 g/mol. The third kappa shape index (κ3) is 6.22. The second-order valence-corrected chi connectivity index (χ2v) is 9.23. The predicted molar refractivity (Wildman–Crippen MR) is 122 cm³/mol. The monoisotopic (exact) mass is 431 g/mol. The minimum atomic E-state index is 0.0305. The van der Waals surface area contributed by atoms with Crippen molar-refractivity contribution < 1.29 is 9.53 Å². The number of aryl methyl sites for hydroxylation is 1. The molecule has 0 saturated carbocycles. The third-order valence-electron chi connectivity index (χ3n) is 5.09. The van der Waals surface area contributed by atoms with Crippen molar-refractivity contribution >= 4 is 23.6 Å². The third-order valence-corrected chi connectivity index (χ3v) is 6.02. The van der Waals surface area contributed by atoms with Crippen molar-refractivity contribution in [2.45, 2.75) is 51.7 Å². The lowest BCUT2D eigenvalue weighted by molar-refractivity contribution is -0.119. The Morgan fingerprint density at radius 3 is 2.67 bits per heavy atom. The summed E-state index contributed by atoms with van der Waals surface area (Å²) in [4.78, 5) is 14.7. The summed E-state index contributed by atoms with van der Waals surface area (Å²) in [6.07, 6.45) is 2.11. The highest BCUT2D eigenvalue weighted by Crippen LogP contribution is 2.27. The lowest BCUT2D eigenvalue weighted by Gasteiger charge is -2.28. The van der Waals surface area contributed by atoms with Gasteiger partial charge in [-0.05, 0) is 50.3 Å². The maximum atomic E-state index is 12.5. The van der Waals surface area contributed by atoms with Crippen molar-refractivity contribution in [1.29, 1.82) is 0 Å². The van der Waals surface area contributed by atoms with Gasteiger partial charge in [-0.15, -0.1) is 10.2 Å². The summed E-state index contributed by atoms with van der Waals surface area (Å²) in [7, 11) is 0. The zero-order valence-electron chi connectivity index (χ0n) is 18.4. The molecule has 2 heterocycles. The van der Waals surface area contributed by atoms with E-state index in [1.165, 1.54) is 17.3 Å². The van der Waals surface area contributed by atoms with Gasteiger partial charge < -0.3 is 15.0 Å². The number of anilines is 1. The molecule has 1 aromatic heterocycles. The first kappa shape index (κ1) is 22.6. The van der Waals surface area contributed by atoms with E-state index in [1.807, 2.05) is 6.07 Å². The summed E-state index contributed by atoms with van der Waals surface area (Å²) in [6, 6.07) is 8.45. The SMILES string of the molecule is Cc1cccc(-n2c(SCC(=O)NC(C)CCC(C)C)nnc2N2CCOCC2)c1. The molecule has 0 bridgehead atoms. The number of morpholine rings is 1. The maximum Gasteiger partial charge on any atom is 0.232 e. The molecular formula is C22H33N5O2S. The van der Waals surface area contributed by atoms with Crippen molar-refractivity contribution in [2.75, 3.05) is 37.0 Å². The molecule has 1 amide bonds. The van der Waals surface area contributed by atoms with E-state index in [2.05, 4.69) is 70.9 Å². The summed E-state index contributed by atoms with van der Waals surface area (Å²) in [5.74, 6) is 1.80. The Bertz CT molecular complexity index is 833. The Kier molecular flexibility index (Phi) is 8.16. The van der Waals surface area contributed by atoms with Crippen LogP contribution in [0.5, 0.6) is 0 Å². The summed E-state index contributed by atoms with van der Waals surface area (Å²) < 4.78 is 7.54. The van der Waals surface area contributed by atoms with Crippen LogP contribution in [-0.2, 0) is 9.53 Å². The highest BCUT2D eigenvalue weighted by atomic mass is 32.2. The van der Waals surface area contributed by atoms with Crippen LogP contribution in [0.4, 0.5) is 5.95 Å². The van der Waals surface area contributed by atoms with Crippen LogP contribution in [-0.4, -0.2) is 58.8 Å². The fourth-order valence-electron chi connectivity index (χ4n) is 3.42. The first-order valence-electron chi connectivity index (χ1n) is 10.7. The second kappa shape index (κ2) is 10.8. The summed E-state index contributed by atoms with van der Waals surface area (Å²) >= 11 is 1.43. The van der Waals surface area contributed by atoms with E-state index >= 15 is 0 Å². The van der Waals surface area contributed by atoms with E-state index in [0.29, 0.717) is 24.9 Å². The van der Waals surface area contributed by atoms with E-state index in [4.69, 9.17) is 4.74 Å². The second-order valence-electron chi connectivity index (χ2n) is 8.28. The fraction of sp³-hybridized carbons (Fsp3) is 0.591. The summed E-state index contributed by atoms with van der Waals surface area (Å²) in [5, 5.41) is 12.7. The number of nitrogens with zero attached hydrogens (tertiary/aromatic N) is 4. The standard InChI is InChI=1S/C22H33N5O2S/c1-16(2)8-9-18(4)23-20(28)15-30-22-25-24-21(26-10-12-29-13-11-26)27(22)19-7-5-6-17(3)14-19/h5-7,14,16,18H,8-13,15H2,1-4H3,(H,23,28). The van der Waals surface area contributed by atoms with Gasteiger partial charge in [-0.1, -0.05) is 37.7 Å². The Balaban J connectivity index is 1.72. The van der Waals surface area contributed by atoms with E-state index in [9.17, 15) is 4.79 Å². The Morgan fingerprint density at radius 2 is 1.97 bits per heavy atom. The van der Waals surface area contributed by atoms with Crippen LogP contribution in [0.1, 0.15) is 39.2 Å². The molecule has 8 heteroatoms. The van der Waals surface area contributed by atoms with Crippen LogP contribution in [0, 0.1) is 12.8 Å². The number of aromatic nitrogens is 3. The Morgan fingerprint density at radius 1 is 1.20 bits per heavy atom. The average molecular weight is 432 g/mol. The zero-order chi connectivity index (χ0) is 21.5. The molecule has 1 N–H and O–H groups in total. The number of hydrogen-bond donors (Lipinski definition) is 1. The average Bonchev–Trinajstić information content (AvgIpc) is 3.15. The van der Waals surface area contributed by atoms with Crippen LogP contribution < -0.4 is 10.2 Å². The largest absolute Gasteiger partial charge is 0.378 e. The number of carbonyl (C=O) groups excluding carboxylic acids is 1. The van der Waals surface area contributed by atoms with Crippen LogP contribution >= 0.6 is 11.8 Å². The Labute approximate surface area is 183 Å².